The largest absolute Gasteiger partial charge is 0.416 e. The van der Waals surface area contributed by atoms with Crippen LogP contribution in [0.25, 0.3) is 0 Å². The van der Waals surface area contributed by atoms with E-state index in [1.165, 1.54) is 17.0 Å². The number of piperidine rings is 1. The van der Waals surface area contributed by atoms with Gasteiger partial charge in [-0.3, -0.25) is 14.5 Å². The minimum Gasteiger partial charge on any atom is -0.303 e. The molecule has 2 aliphatic heterocycles. The number of hydrogen-bond donors (Lipinski definition) is 0. The molecule has 1 aliphatic carbocycles. The second kappa shape index (κ2) is 11.9. The number of carbonyl (C=O) groups is 2. The van der Waals surface area contributed by atoms with Gasteiger partial charge in [0.05, 0.1) is 16.7 Å². The molecule has 5 rings (SSSR count). The van der Waals surface area contributed by atoms with Gasteiger partial charge in [-0.1, -0.05) is 57.5 Å². The Labute approximate surface area is 242 Å². The molecule has 2 amide bonds. The fourth-order valence-corrected chi connectivity index (χ4v) is 8.22. The van der Waals surface area contributed by atoms with Crippen LogP contribution in [0.1, 0.15) is 97.6 Å². The highest BCUT2D eigenvalue weighted by Gasteiger charge is 2.51. The molecule has 2 fully saturated rings. The van der Waals surface area contributed by atoms with Crippen molar-refractivity contribution in [1.82, 2.24) is 9.80 Å². The van der Waals surface area contributed by atoms with Crippen LogP contribution in [0.2, 0.25) is 0 Å². The van der Waals surface area contributed by atoms with Gasteiger partial charge < -0.3 is 4.90 Å². The molecule has 0 bridgehead atoms. The van der Waals surface area contributed by atoms with Crippen LogP contribution in [-0.2, 0) is 11.6 Å². The first kappa shape index (κ1) is 29.8. The standard InChI is InChI=1S/C34H43F3N2O2/c1-23(2)30-14-13-24(3)22-33(30,26-9-8-10-27(21-26)34(35,36)37)25-15-19-38(20-16-25)17-6-7-18-39-31(40)28-11-4-5-12-29(28)32(39)41/h4-5,8-12,21,23-25,30H,6-7,13-20,22H2,1-3H3. The number of nitrogens with zero attached hydrogens (tertiary/aromatic N) is 2. The van der Waals surface area contributed by atoms with Gasteiger partial charge in [0.25, 0.3) is 11.8 Å². The molecule has 2 aromatic carbocycles. The van der Waals surface area contributed by atoms with Crippen LogP contribution >= 0.6 is 0 Å². The number of carbonyl (C=O) groups excluding carboxylic acids is 2. The van der Waals surface area contributed by atoms with E-state index >= 15 is 0 Å². The molecule has 3 atom stereocenters. The summed E-state index contributed by atoms with van der Waals surface area (Å²) in [6.07, 6.45) is 2.40. The lowest BCUT2D eigenvalue weighted by atomic mass is 9.50. The summed E-state index contributed by atoms with van der Waals surface area (Å²) in [6.45, 7) is 9.93. The molecule has 2 heterocycles. The summed E-state index contributed by atoms with van der Waals surface area (Å²) in [6, 6.07) is 13.2. The minimum absolute atomic E-state index is 0.201. The van der Waals surface area contributed by atoms with Crippen molar-refractivity contribution in [3.63, 3.8) is 0 Å². The lowest BCUT2D eigenvalue weighted by molar-refractivity contribution is -0.137. The highest BCUT2D eigenvalue weighted by atomic mass is 19.4. The molecule has 0 N–H and O–H groups in total. The van der Waals surface area contributed by atoms with Crippen LogP contribution in [0, 0.1) is 23.7 Å². The highest BCUT2D eigenvalue weighted by molar-refractivity contribution is 6.21. The van der Waals surface area contributed by atoms with E-state index in [9.17, 15) is 22.8 Å². The molecule has 3 unspecified atom stereocenters. The van der Waals surface area contributed by atoms with Crippen LogP contribution in [0.3, 0.4) is 0 Å². The van der Waals surface area contributed by atoms with E-state index in [4.69, 9.17) is 0 Å². The van der Waals surface area contributed by atoms with Crippen molar-refractivity contribution in [2.24, 2.45) is 23.7 Å². The van der Waals surface area contributed by atoms with Gasteiger partial charge in [-0.15, -0.1) is 0 Å². The first-order valence-electron chi connectivity index (χ1n) is 15.4. The lowest BCUT2D eigenvalue weighted by Gasteiger charge is -2.55. The zero-order chi connectivity index (χ0) is 29.4. The lowest BCUT2D eigenvalue weighted by Crippen LogP contribution is -2.52. The van der Waals surface area contributed by atoms with E-state index in [0.29, 0.717) is 41.3 Å². The van der Waals surface area contributed by atoms with Crippen LogP contribution in [0.5, 0.6) is 0 Å². The molecule has 4 nitrogen and oxygen atoms in total. The molecule has 1 saturated carbocycles. The summed E-state index contributed by atoms with van der Waals surface area (Å²) in [5.74, 6) is 1.19. The Bertz CT molecular complexity index is 1220. The van der Waals surface area contributed by atoms with Gasteiger partial charge in [0.2, 0.25) is 0 Å². The zero-order valence-corrected chi connectivity index (χ0v) is 24.6. The van der Waals surface area contributed by atoms with Crippen LogP contribution in [0.15, 0.2) is 48.5 Å². The molecule has 0 radical (unpaired) electrons. The average Bonchev–Trinajstić information content (AvgIpc) is 3.19. The number of likely N-dealkylation sites (tertiary alicyclic amines) is 1. The molecule has 1 saturated heterocycles. The maximum Gasteiger partial charge on any atom is 0.416 e. The predicted molar refractivity (Wildman–Crippen MR) is 155 cm³/mol. The van der Waals surface area contributed by atoms with Gasteiger partial charge in [0.1, 0.15) is 0 Å². The number of unbranched alkanes of at least 4 members (excludes halogenated alkanes) is 1. The maximum atomic E-state index is 13.8. The molecule has 0 spiro atoms. The number of halogens is 3. The molecule has 2 aromatic rings. The third kappa shape index (κ3) is 5.84. The molecule has 222 valence electrons. The first-order valence-corrected chi connectivity index (χ1v) is 15.4. The number of fused-ring (bicyclic) bond motifs is 1. The SMILES string of the molecule is CC1CCC(C(C)C)C(c2cccc(C(F)(F)F)c2)(C2CCN(CCCCN3C(=O)c4ccccc4C3=O)CC2)C1. The van der Waals surface area contributed by atoms with Gasteiger partial charge >= 0.3 is 6.18 Å². The Hall–Kier alpha value is -2.67. The van der Waals surface area contributed by atoms with Crippen molar-refractivity contribution in [3.8, 4) is 0 Å². The summed E-state index contributed by atoms with van der Waals surface area (Å²) >= 11 is 0. The van der Waals surface area contributed by atoms with Crippen molar-refractivity contribution in [2.45, 2.75) is 77.3 Å². The van der Waals surface area contributed by atoms with E-state index in [2.05, 4.69) is 25.7 Å². The highest BCUT2D eigenvalue weighted by Crippen LogP contribution is 2.56. The molecule has 0 aromatic heterocycles. The Kier molecular flexibility index (Phi) is 8.66. The predicted octanol–water partition coefficient (Wildman–Crippen LogP) is 7.82. The minimum atomic E-state index is -4.35. The second-order valence-electron chi connectivity index (χ2n) is 13.0. The number of imide groups is 1. The number of hydrogen-bond acceptors (Lipinski definition) is 3. The Balaban J connectivity index is 1.24. The maximum absolute atomic E-state index is 13.8. The number of benzene rings is 2. The summed E-state index contributed by atoms with van der Waals surface area (Å²) < 4.78 is 41.4. The van der Waals surface area contributed by atoms with Crippen molar-refractivity contribution in [2.75, 3.05) is 26.2 Å². The number of alkyl halides is 3. The van der Waals surface area contributed by atoms with E-state index in [-0.39, 0.29) is 17.2 Å². The smallest absolute Gasteiger partial charge is 0.303 e. The van der Waals surface area contributed by atoms with Crippen molar-refractivity contribution in [3.05, 3.63) is 70.8 Å². The Morgan fingerprint density at radius 1 is 0.878 bits per heavy atom. The Morgan fingerprint density at radius 2 is 1.51 bits per heavy atom. The first-order chi connectivity index (χ1) is 19.5. The molecule has 41 heavy (non-hydrogen) atoms. The van der Waals surface area contributed by atoms with Crippen LogP contribution in [-0.4, -0.2) is 47.8 Å². The summed E-state index contributed by atoms with van der Waals surface area (Å²) in [7, 11) is 0. The quantitative estimate of drug-likeness (QED) is 0.241. The van der Waals surface area contributed by atoms with Gasteiger partial charge in [-0.25, -0.2) is 0 Å². The summed E-state index contributed by atoms with van der Waals surface area (Å²) in [5.41, 5.74) is 1.09. The van der Waals surface area contributed by atoms with Gasteiger partial charge in [0.15, 0.2) is 0 Å². The molecule has 7 heteroatoms. The third-order valence-corrected chi connectivity index (χ3v) is 10.2. The average molecular weight is 569 g/mol. The van der Waals surface area contributed by atoms with E-state index in [1.807, 2.05) is 6.07 Å². The van der Waals surface area contributed by atoms with Crippen molar-refractivity contribution < 1.29 is 22.8 Å². The van der Waals surface area contributed by atoms with E-state index < -0.39 is 11.7 Å². The van der Waals surface area contributed by atoms with Crippen LogP contribution in [0.4, 0.5) is 13.2 Å². The fourth-order valence-electron chi connectivity index (χ4n) is 8.22. The monoisotopic (exact) mass is 568 g/mol. The summed E-state index contributed by atoms with van der Waals surface area (Å²) in [5, 5.41) is 0. The van der Waals surface area contributed by atoms with Gasteiger partial charge in [0, 0.05) is 12.0 Å². The van der Waals surface area contributed by atoms with Crippen LogP contribution < -0.4 is 0 Å². The van der Waals surface area contributed by atoms with E-state index in [0.717, 1.165) is 70.1 Å². The molecular formula is C34H43F3N2O2. The van der Waals surface area contributed by atoms with Gasteiger partial charge in [-0.2, -0.15) is 13.2 Å². The van der Waals surface area contributed by atoms with E-state index in [1.54, 1.807) is 30.3 Å². The van der Waals surface area contributed by atoms with Crippen molar-refractivity contribution >= 4 is 11.8 Å². The van der Waals surface area contributed by atoms with Gasteiger partial charge in [-0.05, 0) is 106 Å². The summed E-state index contributed by atoms with van der Waals surface area (Å²) in [4.78, 5) is 29.1. The Morgan fingerprint density at radius 3 is 2.12 bits per heavy atom. The third-order valence-electron chi connectivity index (χ3n) is 10.2. The zero-order valence-electron chi connectivity index (χ0n) is 24.6. The normalized spacial score (nSPS) is 26.2. The number of amides is 2. The van der Waals surface area contributed by atoms with Crippen molar-refractivity contribution in [1.29, 1.82) is 0 Å². The molecule has 3 aliphatic rings. The number of rotatable bonds is 8. The second-order valence-corrected chi connectivity index (χ2v) is 13.0. The molecular weight excluding hydrogens is 525 g/mol. The fraction of sp³-hybridized carbons (Fsp3) is 0.588. The topological polar surface area (TPSA) is 40.6 Å².